The van der Waals surface area contributed by atoms with Crippen molar-refractivity contribution < 1.29 is 8.42 Å². The van der Waals surface area contributed by atoms with E-state index in [2.05, 4.69) is 11.9 Å². The molecule has 4 N–H and O–H groups in total. The topological polar surface area (TPSA) is 92.7 Å². The van der Waals surface area contributed by atoms with Crippen LogP contribution in [0.2, 0.25) is 0 Å². The Morgan fingerprint density at radius 2 is 2.10 bits per heavy atom. The molecule has 0 aliphatic carbocycles. The molecule has 2 rings (SSSR count). The summed E-state index contributed by atoms with van der Waals surface area (Å²) in [6.07, 6.45) is 2.36. The molecule has 0 radical (unpaired) electrons. The monoisotopic (exact) mass is 298 g/mol. The molecule has 0 bridgehead atoms. The van der Waals surface area contributed by atoms with Crippen LogP contribution in [-0.2, 0) is 10.0 Å². The molecule has 1 aliphatic rings. The number of nitrogens with two attached hydrogens (primary N) is 2. The Morgan fingerprint density at radius 3 is 2.65 bits per heavy atom. The maximum absolute atomic E-state index is 11.5. The molecule has 0 spiro atoms. The third kappa shape index (κ3) is 3.41. The number of likely N-dealkylation sites (tertiary alicyclic amines) is 1. The molecule has 1 atom stereocenters. The van der Waals surface area contributed by atoms with Gasteiger partial charge in [-0.15, -0.1) is 0 Å². The highest BCUT2D eigenvalue weighted by Crippen LogP contribution is 2.24. The van der Waals surface area contributed by atoms with E-state index in [0.717, 1.165) is 25.2 Å². The minimum Gasteiger partial charge on any atom is -0.399 e. The lowest BCUT2D eigenvalue weighted by Gasteiger charge is -2.27. The Hall–Kier alpha value is -1.31. The number of primary sulfonamides is 1. The summed E-state index contributed by atoms with van der Waals surface area (Å²) in [5, 5.41) is 5.17. The van der Waals surface area contributed by atoms with Crippen molar-refractivity contribution in [2.24, 2.45) is 5.14 Å². The normalized spacial score (nSPS) is 20.2. The van der Waals surface area contributed by atoms with Gasteiger partial charge >= 0.3 is 0 Å². The van der Waals surface area contributed by atoms with E-state index < -0.39 is 10.0 Å². The van der Waals surface area contributed by atoms with Gasteiger partial charge in [-0.3, -0.25) is 0 Å². The Balaban J connectivity index is 2.21. The Labute approximate surface area is 120 Å². The lowest BCUT2D eigenvalue weighted by Crippen LogP contribution is -2.36. The molecular formula is C13H22N4O2S. The average molecular weight is 298 g/mol. The highest BCUT2D eigenvalue weighted by Gasteiger charge is 2.22. The van der Waals surface area contributed by atoms with Crippen LogP contribution in [0, 0.1) is 0 Å². The summed E-state index contributed by atoms with van der Waals surface area (Å²) in [6.45, 7) is 1.95. The zero-order chi connectivity index (χ0) is 14.9. The largest absolute Gasteiger partial charge is 0.399 e. The molecule has 1 saturated heterocycles. The van der Waals surface area contributed by atoms with Gasteiger partial charge in [-0.25, -0.2) is 13.6 Å². The Morgan fingerprint density at radius 1 is 1.40 bits per heavy atom. The van der Waals surface area contributed by atoms with Crippen molar-refractivity contribution in [2.45, 2.75) is 23.8 Å². The fourth-order valence-corrected chi connectivity index (χ4v) is 3.21. The molecule has 1 heterocycles. The summed E-state index contributed by atoms with van der Waals surface area (Å²) < 4.78 is 22.9. The minimum absolute atomic E-state index is 0.0547. The summed E-state index contributed by atoms with van der Waals surface area (Å²) in [6, 6.07) is 5.21. The molecule has 1 unspecified atom stereocenters. The van der Waals surface area contributed by atoms with E-state index in [1.54, 1.807) is 12.1 Å². The Kier molecular flexibility index (Phi) is 4.22. The van der Waals surface area contributed by atoms with Crippen molar-refractivity contribution in [3.05, 3.63) is 18.2 Å². The first-order chi connectivity index (χ1) is 9.27. The third-order valence-electron chi connectivity index (χ3n) is 3.84. The second-order valence-corrected chi connectivity index (χ2v) is 7.02. The fraction of sp³-hybridized carbons (Fsp3) is 0.538. The summed E-state index contributed by atoms with van der Waals surface area (Å²) in [5.74, 6) is 0. The van der Waals surface area contributed by atoms with Crippen molar-refractivity contribution in [1.29, 1.82) is 0 Å². The van der Waals surface area contributed by atoms with E-state index >= 15 is 0 Å². The van der Waals surface area contributed by atoms with Gasteiger partial charge < -0.3 is 15.5 Å². The average Bonchev–Trinajstić information content (AvgIpc) is 2.73. The van der Waals surface area contributed by atoms with Crippen molar-refractivity contribution in [2.75, 3.05) is 37.8 Å². The molecule has 112 valence electrons. The molecule has 0 amide bonds. The molecule has 1 aliphatic heterocycles. The van der Waals surface area contributed by atoms with Crippen LogP contribution in [-0.4, -0.2) is 46.5 Å². The molecule has 1 aromatic carbocycles. The van der Waals surface area contributed by atoms with Gasteiger partial charge in [-0.2, -0.15) is 0 Å². The standard InChI is InChI=1S/C13H22N4O2S/c1-16-5-3-4-11(16)9-17(2)12-6-10(14)7-13(8-12)20(15,18)19/h6-8,11H,3-5,9,14H2,1-2H3,(H2,15,18,19). The summed E-state index contributed by atoms with van der Waals surface area (Å²) >= 11 is 0. The number of benzene rings is 1. The zero-order valence-electron chi connectivity index (χ0n) is 11.9. The van der Waals surface area contributed by atoms with Gasteiger partial charge in [-0.1, -0.05) is 0 Å². The van der Waals surface area contributed by atoms with Crippen LogP contribution in [0.3, 0.4) is 0 Å². The zero-order valence-corrected chi connectivity index (χ0v) is 12.7. The highest BCUT2D eigenvalue weighted by molar-refractivity contribution is 7.89. The van der Waals surface area contributed by atoms with Gasteiger partial charge in [-0.05, 0) is 44.6 Å². The summed E-state index contributed by atoms with van der Waals surface area (Å²) in [4.78, 5) is 4.40. The summed E-state index contributed by atoms with van der Waals surface area (Å²) in [5.41, 5.74) is 6.95. The van der Waals surface area contributed by atoms with Gasteiger partial charge in [0.1, 0.15) is 0 Å². The van der Waals surface area contributed by atoms with Crippen molar-refractivity contribution in [1.82, 2.24) is 4.90 Å². The highest BCUT2D eigenvalue weighted by atomic mass is 32.2. The van der Waals surface area contributed by atoms with Crippen LogP contribution in [0.4, 0.5) is 11.4 Å². The van der Waals surface area contributed by atoms with E-state index in [0.29, 0.717) is 11.7 Å². The lowest BCUT2D eigenvalue weighted by molar-refractivity contribution is 0.314. The molecule has 6 nitrogen and oxygen atoms in total. The lowest BCUT2D eigenvalue weighted by atomic mass is 10.2. The molecule has 0 saturated carbocycles. The van der Waals surface area contributed by atoms with E-state index in [4.69, 9.17) is 10.9 Å². The minimum atomic E-state index is -3.74. The number of rotatable bonds is 4. The molecule has 0 aromatic heterocycles. The van der Waals surface area contributed by atoms with Crippen LogP contribution in [0.15, 0.2) is 23.1 Å². The second kappa shape index (κ2) is 5.59. The van der Waals surface area contributed by atoms with Crippen LogP contribution in [0.25, 0.3) is 0 Å². The molecule has 1 fully saturated rings. The van der Waals surface area contributed by atoms with Gasteiger partial charge in [0.15, 0.2) is 0 Å². The van der Waals surface area contributed by atoms with Gasteiger partial charge in [0, 0.05) is 31.0 Å². The first kappa shape index (κ1) is 15.1. The number of likely N-dealkylation sites (N-methyl/N-ethyl adjacent to an activating group) is 2. The van der Waals surface area contributed by atoms with Gasteiger partial charge in [0.25, 0.3) is 0 Å². The van der Waals surface area contributed by atoms with E-state index in [1.807, 2.05) is 11.9 Å². The SMILES string of the molecule is CN(CC1CCCN1C)c1cc(N)cc(S(N)(=O)=O)c1. The van der Waals surface area contributed by atoms with E-state index in [1.165, 1.54) is 12.5 Å². The van der Waals surface area contributed by atoms with Crippen LogP contribution in [0.1, 0.15) is 12.8 Å². The van der Waals surface area contributed by atoms with E-state index in [-0.39, 0.29) is 4.90 Å². The second-order valence-electron chi connectivity index (χ2n) is 5.46. The van der Waals surface area contributed by atoms with E-state index in [9.17, 15) is 8.42 Å². The van der Waals surface area contributed by atoms with Crippen molar-refractivity contribution >= 4 is 21.4 Å². The first-order valence-electron chi connectivity index (χ1n) is 6.62. The first-order valence-corrected chi connectivity index (χ1v) is 8.17. The van der Waals surface area contributed by atoms with Crippen molar-refractivity contribution in [3.8, 4) is 0 Å². The number of anilines is 2. The predicted octanol–water partition coefficient (Wildman–Crippen LogP) is 0.447. The van der Waals surface area contributed by atoms with Gasteiger partial charge in [0.05, 0.1) is 4.90 Å². The number of nitrogen functional groups attached to an aromatic ring is 1. The smallest absolute Gasteiger partial charge is 0.238 e. The maximum atomic E-state index is 11.5. The predicted molar refractivity (Wildman–Crippen MR) is 81.1 cm³/mol. The van der Waals surface area contributed by atoms with Crippen molar-refractivity contribution in [3.63, 3.8) is 0 Å². The number of sulfonamides is 1. The Bertz CT molecular complexity index is 588. The quantitative estimate of drug-likeness (QED) is 0.787. The third-order valence-corrected chi connectivity index (χ3v) is 4.73. The van der Waals surface area contributed by atoms with Gasteiger partial charge in [0.2, 0.25) is 10.0 Å². The fourth-order valence-electron chi connectivity index (χ4n) is 2.62. The molecule has 1 aromatic rings. The molecular weight excluding hydrogens is 276 g/mol. The number of hydrogen-bond acceptors (Lipinski definition) is 5. The maximum Gasteiger partial charge on any atom is 0.238 e. The van der Waals surface area contributed by atoms with Crippen LogP contribution < -0.4 is 15.8 Å². The summed E-state index contributed by atoms with van der Waals surface area (Å²) in [7, 11) is 0.314. The molecule has 20 heavy (non-hydrogen) atoms. The number of hydrogen-bond donors (Lipinski definition) is 2. The number of nitrogens with zero attached hydrogens (tertiary/aromatic N) is 2. The van der Waals surface area contributed by atoms with Crippen LogP contribution in [0.5, 0.6) is 0 Å². The molecule has 7 heteroatoms. The van der Waals surface area contributed by atoms with Crippen LogP contribution >= 0.6 is 0 Å².